The standard InChI is InChI=1S/C19H26N4O/c1-4-20-19(24)18-16-12-15(22(2)3)10-11-17(16)23(21-18)13-14-8-6-5-7-9-14/h5-9,15H,4,10-13H2,1-3H3,(H,20,24). The summed E-state index contributed by atoms with van der Waals surface area (Å²) in [5, 5.41) is 7.59. The quantitative estimate of drug-likeness (QED) is 0.915. The van der Waals surface area contributed by atoms with Crippen molar-refractivity contribution in [1.82, 2.24) is 20.0 Å². The monoisotopic (exact) mass is 326 g/mol. The van der Waals surface area contributed by atoms with Crippen molar-refractivity contribution in [1.29, 1.82) is 0 Å². The van der Waals surface area contributed by atoms with E-state index in [0.717, 1.165) is 31.4 Å². The van der Waals surface area contributed by atoms with E-state index in [1.165, 1.54) is 11.3 Å². The highest BCUT2D eigenvalue weighted by Gasteiger charge is 2.29. The molecule has 0 aliphatic heterocycles. The number of likely N-dealkylation sites (N-methyl/N-ethyl adjacent to an activating group) is 1. The van der Waals surface area contributed by atoms with E-state index in [0.29, 0.717) is 18.3 Å². The van der Waals surface area contributed by atoms with E-state index in [2.05, 4.69) is 41.5 Å². The molecule has 0 bridgehead atoms. The van der Waals surface area contributed by atoms with Crippen molar-refractivity contribution in [2.75, 3.05) is 20.6 Å². The molecular weight excluding hydrogens is 300 g/mol. The van der Waals surface area contributed by atoms with Crippen LogP contribution in [0.5, 0.6) is 0 Å². The number of benzene rings is 1. The van der Waals surface area contributed by atoms with E-state index < -0.39 is 0 Å². The molecular formula is C19H26N4O. The number of aromatic nitrogens is 2. The molecule has 5 nitrogen and oxygen atoms in total. The number of rotatable bonds is 5. The smallest absolute Gasteiger partial charge is 0.272 e. The van der Waals surface area contributed by atoms with Gasteiger partial charge in [0.2, 0.25) is 0 Å². The van der Waals surface area contributed by atoms with Crippen LogP contribution in [0.15, 0.2) is 30.3 Å². The van der Waals surface area contributed by atoms with Crippen molar-refractivity contribution >= 4 is 5.91 Å². The predicted octanol–water partition coefficient (Wildman–Crippen LogP) is 2.10. The fourth-order valence-corrected chi connectivity index (χ4v) is 3.42. The molecule has 0 saturated carbocycles. The highest BCUT2D eigenvalue weighted by atomic mass is 16.1. The maximum Gasteiger partial charge on any atom is 0.272 e. The van der Waals surface area contributed by atoms with Gasteiger partial charge in [0, 0.05) is 23.8 Å². The third kappa shape index (κ3) is 3.36. The van der Waals surface area contributed by atoms with E-state index in [9.17, 15) is 4.79 Å². The molecule has 0 spiro atoms. The summed E-state index contributed by atoms with van der Waals surface area (Å²) in [5.41, 5.74) is 4.16. The van der Waals surface area contributed by atoms with Gasteiger partial charge in [-0.15, -0.1) is 0 Å². The van der Waals surface area contributed by atoms with Crippen LogP contribution in [-0.4, -0.2) is 47.3 Å². The second-order valence-corrected chi connectivity index (χ2v) is 6.64. The fourth-order valence-electron chi connectivity index (χ4n) is 3.42. The molecule has 2 aromatic rings. The first kappa shape index (κ1) is 16.7. The molecule has 1 aliphatic carbocycles. The lowest BCUT2D eigenvalue weighted by Crippen LogP contribution is -2.34. The minimum absolute atomic E-state index is 0.0556. The summed E-state index contributed by atoms with van der Waals surface area (Å²) >= 11 is 0. The Hall–Kier alpha value is -2.14. The Morgan fingerprint density at radius 1 is 1.33 bits per heavy atom. The number of nitrogens with zero attached hydrogens (tertiary/aromatic N) is 3. The molecule has 5 heteroatoms. The van der Waals surface area contributed by atoms with Crippen LogP contribution in [0, 0.1) is 0 Å². The zero-order valence-electron chi connectivity index (χ0n) is 14.7. The van der Waals surface area contributed by atoms with Gasteiger partial charge in [-0.05, 0) is 45.8 Å². The van der Waals surface area contributed by atoms with Gasteiger partial charge in [0.25, 0.3) is 5.91 Å². The summed E-state index contributed by atoms with van der Waals surface area (Å²) in [6.45, 7) is 3.28. The highest BCUT2D eigenvalue weighted by Crippen LogP contribution is 2.27. The first-order valence-corrected chi connectivity index (χ1v) is 8.67. The van der Waals surface area contributed by atoms with Crippen LogP contribution < -0.4 is 5.32 Å². The Morgan fingerprint density at radius 2 is 2.08 bits per heavy atom. The number of carbonyl (C=O) groups is 1. The number of nitrogens with one attached hydrogen (secondary N) is 1. The topological polar surface area (TPSA) is 50.2 Å². The van der Waals surface area contributed by atoms with E-state index in [-0.39, 0.29) is 5.91 Å². The Kier molecular flexibility index (Phi) is 5.00. The zero-order chi connectivity index (χ0) is 17.1. The lowest BCUT2D eigenvalue weighted by Gasteiger charge is -2.28. The maximum atomic E-state index is 12.5. The summed E-state index contributed by atoms with van der Waals surface area (Å²) in [6.07, 6.45) is 2.97. The first-order chi connectivity index (χ1) is 11.6. The Morgan fingerprint density at radius 3 is 2.75 bits per heavy atom. The summed E-state index contributed by atoms with van der Waals surface area (Å²) in [6, 6.07) is 10.8. The van der Waals surface area contributed by atoms with Gasteiger partial charge in [-0.1, -0.05) is 30.3 Å². The molecule has 128 valence electrons. The summed E-state index contributed by atoms with van der Waals surface area (Å²) in [7, 11) is 4.21. The number of hydrogen-bond donors (Lipinski definition) is 1. The Balaban J connectivity index is 1.96. The summed E-state index contributed by atoms with van der Waals surface area (Å²) in [5.74, 6) is -0.0556. The minimum atomic E-state index is -0.0556. The third-order valence-electron chi connectivity index (χ3n) is 4.78. The normalized spacial score (nSPS) is 16.9. The van der Waals surface area contributed by atoms with Crippen LogP contribution in [0.3, 0.4) is 0 Å². The molecule has 0 radical (unpaired) electrons. The van der Waals surface area contributed by atoms with Crippen molar-refractivity contribution in [3.63, 3.8) is 0 Å². The highest BCUT2D eigenvalue weighted by molar-refractivity contribution is 5.94. The zero-order valence-corrected chi connectivity index (χ0v) is 14.7. The average Bonchev–Trinajstić information content (AvgIpc) is 2.94. The lowest BCUT2D eigenvalue weighted by atomic mass is 9.90. The lowest BCUT2D eigenvalue weighted by molar-refractivity contribution is 0.0948. The summed E-state index contributed by atoms with van der Waals surface area (Å²) < 4.78 is 2.03. The number of hydrogen-bond acceptors (Lipinski definition) is 3. The molecule has 1 atom stereocenters. The second-order valence-electron chi connectivity index (χ2n) is 6.64. The molecule has 1 aromatic carbocycles. The van der Waals surface area contributed by atoms with Gasteiger partial charge < -0.3 is 10.2 Å². The SMILES string of the molecule is CCNC(=O)c1nn(Cc2ccccc2)c2c1CC(N(C)C)CC2. The van der Waals surface area contributed by atoms with Gasteiger partial charge in [0.15, 0.2) is 5.69 Å². The van der Waals surface area contributed by atoms with Crippen LogP contribution in [0.2, 0.25) is 0 Å². The minimum Gasteiger partial charge on any atom is -0.351 e. The van der Waals surface area contributed by atoms with Crippen LogP contribution in [-0.2, 0) is 19.4 Å². The van der Waals surface area contributed by atoms with Gasteiger partial charge in [0.1, 0.15) is 0 Å². The molecule has 1 amide bonds. The predicted molar refractivity (Wildman–Crippen MR) is 95.3 cm³/mol. The Bertz CT molecular complexity index is 706. The van der Waals surface area contributed by atoms with E-state index >= 15 is 0 Å². The molecule has 1 aliphatic rings. The molecule has 1 aromatic heterocycles. The second kappa shape index (κ2) is 7.18. The molecule has 1 N–H and O–H groups in total. The van der Waals surface area contributed by atoms with Gasteiger partial charge in [0.05, 0.1) is 6.54 Å². The maximum absolute atomic E-state index is 12.5. The molecule has 1 unspecified atom stereocenters. The molecule has 3 rings (SSSR count). The van der Waals surface area contributed by atoms with Crippen molar-refractivity contribution in [3.05, 3.63) is 52.8 Å². The van der Waals surface area contributed by atoms with Gasteiger partial charge >= 0.3 is 0 Å². The van der Waals surface area contributed by atoms with Crippen LogP contribution >= 0.6 is 0 Å². The van der Waals surface area contributed by atoms with E-state index in [4.69, 9.17) is 0 Å². The molecule has 24 heavy (non-hydrogen) atoms. The number of amides is 1. The largest absolute Gasteiger partial charge is 0.351 e. The molecule has 0 fully saturated rings. The van der Waals surface area contributed by atoms with Gasteiger partial charge in [-0.25, -0.2) is 0 Å². The molecule has 0 saturated heterocycles. The van der Waals surface area contributed by atoms with E-state index in [1.54, 1.807) is 0 Å². The Labute approximate surface area is 143 Å². The van der Waals surface area contributed by atoms with Gasteiger partial charge in [-0.2, -0.15) is 5.10 Å². The van der Waals surface area contributed by atoms with Crippen molar-refractivity contribution in [3.8, 4) is 0 Å². The summed E-state index contributed by atoms with van der Waals surface area (Å²) in [4.78, 5) is 14.7. The molecule has 1 heterocycles. The van der Waals surface area contributed by atoms with Gasteiger partial charge in [-0.3, -0.25) is 9.48 Å². The van der Waals surface area contributed by atoms with Crippen molar-refractivity contribution in [2.45, 2.75) is 38.8 Å². The van der Waals surface area contributed by atoms with Crippen LogP contribution in [0.1, 0.15) is 40.7 Å². The van der Waals surface area contributed by atoms with Crippen molar-refractivity contribution < 1.29 is 4.79 Å². The van der Waals surface area contributed by atoms with Crippen LogP contribution in [0.25, 0.3) is 0 Å². The fraction of sp³-hybridized carbons (Fsp3) is 0.474. The third-order valence-corrected chi connectivity index (χ3v) is 4.78. The van der Waals surface area contributed by atoms with Crippen molar-refractivity contribution in [2.24, 2.45) is 0 Å². The van der Waals surface area contributed by atoms with E-state index in [1.807, 2.05) is 29.8 Å². The number of carbonyl (C=O) groups excluding carboxylic acids is 1. The number of fused-ring (bicyclic) bond motifs is 1. The first-order valence-electron chi connectivity index (χ1n) is 8.67. The van der Waals surface area contributed by atoms with Crippen LogP contribution in [0.4, 0.5) is 0 Å². The average molecular weight is 326 g/mol.